The van der Waals surface area contributed by atoms with Crippen molar-refractivity contribution in [2.24, 2.45) is 0 Å². The van der Waals surface area contributed by atoms with Gasteiger partial charge in [0.25, 0.3) is 0 Å². The zero-order chi connectivity index (χ0) is 15.2. The molecule has 21 heavy (non-hydrogen) atoms. The summed E-state index contributed by atoms with van der Waals surface area (Å²) in [6.07, 6.45) is 0. The SMILES string of the molecule is COc1ccc(C2C(c3cc(Br)cc(Br)c3)C2(Cl)Cl)cc1. The Hall–Kier alpha value is -0.220. The zero-order valence-corrected chi connectivity index (χ0v) is 15.8. The van der Waals surface area contributed by atoms with Crippen molar-refractivity contribution in [2.75, 3.05) is 7.11 Å². The first-order valence-corrected chi connectivity index (χ1v) is 8.75. The number of methoxy groups -OCH3 is 1. The molecule has 2 aromatic carbocycles. The molecule has 1 fully saturated rings. The molecule has 5 heteroatoms. The van der Waals surface area contributed by atoms with Crippen LogP contribution in [0.25, 0.3) is 0 Å². The van der Waals surface area contributed by atoms with Crippen molar-refractivity contribution in [3.63, 3.8) is 0 Å². The molecule has 1 nitrogen and oxygen atoms in total. The highest BCUT2D eigenvalue weighted by Gasteiger charge is 2.64. The summed E-state index contributed by atoms with van der Waals surface area (Å²) in [4.78, 5) is 0. The predicted molar refractivity (Wildman–Crippen MR) is 94.8 cm³/mol. The number of benzene rings is 2. The van der Waals surface area contributed by atoms with Gasteiger partial charge >= 0.3 is 0 Å². The van der Waals surface area contributed by atoms with Gasteiger partial charge in [-0.25, -0.2) is 0 Å². The Bertz CT molecular complexity index is 650. The molecule has 0 saturated heterocycles. The van der Waals surface area contributed by atoms with E-state index in [1.165, 1.54) is 0 Å². The molecular formula is C16H12Br2Cl2O. The highest BCUT2D eigenvalue weighted by molar-refractivity contribution is 9.11. The second-order valence-corrected chi connectivity index (χ2v) is 8.38. The van der Waals surface area contributed by atoms with Crippen LogP contribution in [0.15, 0.2) is 51.4 Å². The third-order valence-electron chi connectivity index (χ3n) is 3.77. The van der Waals surface area contributed by atoms with Crippen LogP contribution in [0.5, 0.6) is 5.75 Å². The summed E-state index contributed by atoms with van der Waals surface area (Å²) in [6, 6.07) is 14.1. The van der Waals surface area contributed by atoms with E-state index in [1.54, 1.807) is 7.11 Å². The Morgan fingerprint density at radius 2 is 1.43 bits per heavy atom. The van der Waals surface area contributed by atoms with E-state index in [4.69, 9.17) is 27.9 Å². The maximum atomic E-state index is 6.52. The topological polar surface area (TPSA) is 9.23 Å². The molecule has 110 valence electrons. The second-order valence-electron chi connectivity index (χ2n) is 5.11. The molecule has 0 heterocycles. The smallest absolute Gasteiger partial charge is 0.133 e. The van der Waals surface area contributed by atoms with Crippen LogP contribution in [0, 0.1) is 0 Å². The third kappa shape index (κ3) is 2.98. The van der Waals surface area contributed by atoms with E-state index < -0.39 is 4.33 Å². The fourth-order valence-corrected chi connectivity index (χ4v) is 4.93. The molecule has 0 radical (unpaired) electrons. The summed E-state index contributed by atoms with van der Waals surface area (Å²) in [6.45, 7) is 0. The Labute approximate surface area is 150 Å². The van der Waals surface area contributed by atoms with E-state index in [0.29, 0.717) is 0 Å². The van der Waals surface area contributed by atoms with Gasteiger partial charge in [0, 0.05) is 20.8 Å². The number of alkyl halides is 2. The molecule has 0 N–H and O–H groups in total. The van der Waals surface area contributed by atoms with Crippen LogP contribution in [0.4, 0.5) is 0 Å². The Morgan fingerprint density at radius 1 is 0.905 bits per heavy atom. The lowest BCUT2D eigenvalue weighted by atomic mass is 10.0. The summed E-state index contributed by atoms with van der Waals surface area (Å²) in [5, 5.41) is 0. The Morgan fingerprint density at radius 3 is 1.95 bits per heavy atom. The van der Waals surface area contributed by atoms with Crippen LogP contribution < -0.4 is 4.74 Å². The van der Waals surface area contributed by atoms with Crippen molar-refractivity contribution in [2.45, 2.75) is 16.2 Å². The fourth-order valence-electron chi connectivity index (χ4n) is 2.72. The molecule has 1 aliphatic carbocycles. The first-order valence-electron chi connectivity index (χ1n) is 6.41. The van der Waals surface area contributed by atoms with Gasteiger partial charge in [-0.3, -0.25) is 0 Å². The minimum Gasteiger partial charge on any atom is -0.497 e. The van der Waals surface area contributed by atoms with Crippen molar-refractivity contribution < 1.29 is 4.74 Å². The molecule has 0 spiro atoms. The van der Waals surface area contributed by atoms with Crippen molar-refractivity contribution in [1.82, 2.24) is 0 Å². The maximum Gasteiger partial charge on any atom is 0.133 e. The largest absolute Gasteiger partial charge is 0.497 e. The lowest BCUT2D eigenvalue weighted by molar-refractivity contribution is 0.414. The molecular weight excluding hydrogens is 439 g/mol. The van der Waals surface area contributed by atoms with Crippen LogP contribution in [0.3, 0.4) is 0 Å². The average Bonchev–Trinajstić information content (AvgIpc) is 3.00. The van der Waals surface area contributed by atoms with Crippen LogP contribution in [0.2, 0.25) is 0 Å². The fraction of sp³-hybridized carbons (Fsp3) is 0.250. The van der Waals surface area contributed by atoms with Gasteiger partial charge in [-0.2, -0.15) is 0 Å². The molecule has 0 bridgehead atoms. The molecule has 0 amide bonds. The normalized spacial score (nSPS) is 22.9. The number of rotatable bonds is 3. The highest BCUT2D eigenvalue weighted by Crippen LogP contribution is 2.70. The van der Waals surface area contributed by atoms with Gasteiger partial charge in [0.15, 0.2) is 0 Å². The van der Waals surface area contributed by atoms with Crippen LogP contribution in [-0.2, 0) is 0 Å². The first kappa shape index (κ1) is 15.7. The highest BCUT2D eigenvalue weighted by atomic mass is 79.9. The minimum absolute atomic E-state index is 0.0861. The summed E-state index contributed by atoms with van der Waals surface area (Å²) >= 11 is 20.1. The van der Waals surface area contributed by atoms with E-state index in [2.05, 4.69) is 44.0 Å². The maximum absolute atomic E-state index is 6.52. The van der Waals surface area contributed by atoms with E-state index in [1.807, 2.05) is 30.3 Å². The lowest BCUT2D eigenvalue weighted by Gasteiger charge is -2.04. The van der Waals surface area contributed by atoms with E-state index >= 15 is 0 Å². The number of ether oxygens (including phenoxy) is 1. The molecule has 2 atom stereocenters. The molecule has 1 saturated carbocycles. The third-order valence-corrected chi connectivity index (χ3v) is 5.63. The van der Waals surface area contributed by atoms with Crippen molar-refractivity contribution >= 4 is 55.1 Å². The predicted octanol–water partition coefficient (Wildman–Crippen LogP) is 6.28. The van der Waals surface area contributed by atoms with Crippen LogP contribution in [-0.4, -0.2) is 11.4 Å². The Kier molecular flexibility index (Phi) is 4.30. The number of halogens is 4. The average molecular weight is 451 g/mol. The van der Waals surface area contributed by atoms with Gasteiger partial charge in [-0.15, -0.1) is 23.2 Å². The molecule has 2 unspecified atom stereocenters. The van der Waals surface area contributed by atoms with Crippen LogP contribution >= 0.6 is 55.1 Å². The molecule has 1 aliphatic rings. The standard InChI is InChI=1S/C16H12Br2Cl2O/c1-21-13-4-2-9(3-5-13)14-15(16(14,19)20)10-6-11(17)8-12(18)7-10/h2-8,14-15H,1H3. The Balaban J connectivity index is 1.93. The van der Waals surface area contributed by atoms with Crippen molar-refractivity contribution in [1.29, 1.82) is 0 Å². The summed E-state index contributed by atoms with van der Waals surface area (Å²) in [5.74, 6) is 1.01. The van der Waals surface area contributed by atoms with E-state index in [9.17, 15) is 0 Å². The van der Waals surface area contributed by atoms with Gasteiger partial charge < -0.3 is 4.74 Å². The summed E-state index contributed by atoms with van der Waals surface area (Å²) < 4.78 is 6.44. The molecule has 0 aromatic heterocycles. The van der Waals surface area contributed by atoms with Crippen LogP contribution in [0.1, 0.15) is 23.0 Å². The monoisotopic (exact) mass is 448 g/mol. The van der Waals surface area contributed by atoms with Gasteiger partial charge in [-0.1, -0.05) is 44.0 Å². The van der Waals surface area contributed by atoms with Crippen molar-refractivity contribution in [3.8, 4) is 5.75 Å². The zero-order valence-electron chi connectivity index (χ0n) is 11.1. The lowest BCUT2D eigenvalue weighted by Crippen LogP contribution is -1.91. The molecule has 3 rings (SSSR count). The van der Waals surface area contributed by atoms with Gasteiger partial charge in [-0.05, 0) is 41.5 Å². The van der Waals surface area contributed by atoms with Gasteiger partial charge in [0.1, 0.15) is 10.1 Å². The van der Waals surface area contributed by atoms with Gasteiger partial charge in [0.2, 0.25) is 0 Å². The molecule has 2 aromatic rings. The van der Waals surface area contributed by atoms with E-state index in [-0.39, 0.29) is 11.8 Å². The molecule has 0 aliphatic heterocycles. The first-order chi connectivity index (χ1) is 9.93. The summed E-state index contributed by atoms with van der Waals surface area (Å²) in [7, 11) is 1.65. The summed E-state index contributed by atoms with van der Waals surface area (Å²) in [5.41, 5.74) is 2.25. The minimum atomic E-state index is -0.769. The van der Waals surface area contributed by atoms with Gasteiger partial charge in [0.05, 0.1) is 7.11 Å². The number of hydrogen-bond donors (Lipinski definition) is 0. The van der Waals surface area contributed by atoms with Crippen molar-refractivity contribution in [3.05, 3.63) is 62.5 Å². The number of hydrogen-bond acceptors (Lipinski definition) is 1. The second kappa shape index (κ2) is 5.77. The van der Waals surface area contributed by atoms with E-state index in [0.717, 1.165) is 25.8 Å². The quantitative estimate of drug-likeness (QED) is 0.500.